The summed E-state index contributed by atoms with van der Waals surface area (Å²) >= 11 is 6.00. The molecule has 2 rings (SSSR count). The number of nitrogens with one attached hydrogen (secondary N) is 1. The lowest BCUT2D eigenvalue weighted by atomic mass is 9.66. The van der Waals surface area contributed by atoms with E-state index in [4.69, 9.17) is 17.3 Å². The molecule has 1 aliphatic heterocycles. The van der Waals surface area contributed by atoms with Gasteiger partial charge in [0.1, 0.15) is 6.04 Å². The third kappa shape index (κ3) is 5.16. The maximum Gasteiger partial charge on any atom is 0.245 e. The zero-order chi connectivity index (χ0) is 22.7. The lowest BCUT2D eigenvalue weighted by Crippen LogP contribution is -2.61. The van der Waals surface area contributed by atoms with Crippen LogP contribution in [0.3, 0.4) is 0 Å². The number of nitrogens with zero attached hydrogens (tertiary/aromatic N) is 1. The Kier molecular flexibility index (Phi) is 7.94. The van der Waals surface area contributed by atoms with Gasteiger partial charge in [0.25, 0.3) is 0 Å². The van der Waals surface area contributed by atoms with Crippen molar-refractivity contribution in [2.24, 2.45) is 17.1 Å². The number of carbonyl (C=O) groups is 2. The standard InChI is InChI=1S/C23H36ClN3O3/c1-6-7-18(25)20(28)26-19(15(2)3)21(29)27-13-12-23(30,22(4,5)14-27)16-8-10-17(24)11-9-16/h8-11,15,18-19,30H,6-7,12-14,25H2,1-5H3,(H,26,28)/t18-,19-,23+/m1/s1. The third-order valence-electron chi connectivity index (χ3n) is 6.25. The maximum atomic E-state index is 13.3. The van der Waals surface area contributed by atoms with Crippen molar-refractivity contribution in [3.05, 3.63) is 34.9 Å². The van der Waals surface area contributed by atoms with E-state index in [2.05, 4.69) is 5.32 Å². The van der Waals surface area contributed by atoms with Gasteiger partial charge in [-0.3, -0.25) is 9.59 Å². The molecule has 0 saturated carbocycles. The molecule has 0 radical (unpaired) electrons. The predicted octanol–water partition coefficient (Wildman–Crippen LogP) is 3.05. The highest BCUT2D eigenvalue weighted by Crippen LogP contribution is 2.46. The van der Waals surface area contributed by atoms with Gasteiger partial charge in [0.05, 0.1) is 11.6 Å². The third-order valence-corrected chi connectivity index (χ3v) is 6.50. The van der Waals surface area contributed by atoms with Crippen LogP contribution >= 0.6 is 11.6 Å². The largest absolute Gasteiger partial charge is 0.384 e. The molecule has 0 spiro atoms. The van der Waals surface area contributed by atoms with Crippen LogP contribution in [-0.4, -0.2) is 47.0 Å². The molecule has 1 fully saturated rings. The van der Waals surface area contributed by atoms with E-state index < -0.39 is 23.1 Å². The predicted molar refractivity (Wildman–Crippen MR) is 120 cm³/mol. The first-order chi connectivity index (χ1) is 13.9. The molecule has 1 saturated heterocycles. The molecule has 168 valence electrons. The molecule has 1 aromatic rings. The van der Waals surface area contributed by atoms with Crippen LogP contribution in [0.15, 0.2) is 24.3 Å². The van der Waals surface area contributed by atoms with Crippen LogP contribution in [0.2, 0.25) is 5.02 Å². The molecule has 30 heavy (non-hydrogen) atoms. The second-order valence-electron chi connectivity index (χ2n) is 9.39. The molecule has 6 nitrogen and oxygen atoms in total. The van der Waals surface area contributed by atoms with Gasteiger partial charge in [-0.15, -0.1) is 0 Å². The average Bonchev–Trinajstić information content (AvgIpc) is 2.67. The van der Waals surface area contributed by atoms with Crippen LogP contribution in [0.5, 0.6) is 0 Å². The van der Waals surface area contributed by atoms with Crippen LogP contribution in [0.1, 0.15) is 59.4 Å². The Morgan fingerprint density at radius 3 is 2.37 bits per heavy atom. The summed E-state index contributed by atoms with van der Waals surface area (Å²) in [7, 11) is 0. The number of amides is 2. The summed E-state index contributed by atoms with van der Waals surface area (Å²) in [4.78, 5) is 27.5. The van der Waals surface area contributed by atoms with Gasteiger partial charge in [-0.25, -0.2) is 0 Å². The number of halogens is 1. The van der Waals surface area contributed by atoms with Gasteiger partial charge in [-0.2, -0.15) is 0 Å². The van der Waals surface area contributed by atoms with E-state index in [0.29, 0.717) is 31.0 Å². The van der Waals surface area contributed by atoms with E-state index in [1.807, 2.05) is 46.8 Å². The number of benzene rings is 1. The van der Waals surface area contributed by atoms with E-state index in [1.165, 1.54) is 0 Å². The molecule has 1 aliphatic rings. The van der Waals surface area contributed by atoms with E-state index in [9.17, 15) is 14.7 Å². The van der Waals surface area contributed by atoms with Crippen molar-refractivity contribution in [3.63, 3.8) is 0 Å². The lowest BCUT2D eigenvalue weighted by molar-refractivity contribution is -0.156. The summed E-state index contributed by atoms with van der Waals surface area (Å²) in [6, 6.07) is 5.97. The summed E-state index contributed by atoms with van der Waals surface area (Å²) in [5.41, 5.74) is 5.06. The fourth-order valence-electron chi connectivity index (χ4n) is 4.18. The number of hydrogen-bond donors (Lipinski definition) is 3. The van der Waals surface area contributed by atoms with Gasteiger partial charge < -0.3 is 21.1 Å². The smallest absolute Gasteiger partial charge is 0.245 e. The maximum absolute atomic E-state index is 13.3. The Bertz CT molecular complexity index is 751. The number of hydrogen-bond acceptors (Lipinski definition) is 4. The zero-order valence-electron chi connectivity index (χ0n) is 18.7. The molecular formula is C23H36ClN3O3. The van der Waals surface area contributed by atoms with Crippen molar-refractivity contribution in [1.82, 2.24) is 10.2 Å². The van der Waals surface area contributed by atoms with Gasteiger partial charge in [-0.1, -0.05) is 64.8 Å². The Labute approximate surface area is 185 Å². The number of likely N-dealkylation sites (tertiary alicyclic amines) is 1. The Morgan fingerprint density at radius 1 is 1.27 bits per heavy atom. The van der Waals surface area contributed by atoms with Gasteiger partial charge in [0.15, 0.2) is 0 Å². The normalized spacial score (nSPS) is 23.2. The minimum atomic E-state index is -1.07. The molecule has 0 unspecified atom stereocenters. The monoisotopic (exact) mass is 437 g/mol. The van der Waals surface area contributed by atoms with E-state index in [-0.39, 0.29) is 17.7 Å². The minimum Gasteiger partial charge on any atom is -0.384 e. The molecule has 0 bridgehead atoms. The van der Waals surface area contributed by atoms with Crippen molar-refractivity contribution in [2.75, 3.05) is 13.1 Å². The number of carbonyl (C=O) groups excluding carboxylic acids is 2. The fraction of sp³-hybridized carbons (Fsp3) is 0.652. The van der Waals surface area contributed by atoms with Crippen LogP contribution in [0.25, 0.3) is 0 Å². The van der Waals surface area contributed by atoms with Crippen molar-refractivity contribution in [1.29, 1.82) is 0 Å². The van der Waals surface area contributed by atoms with E-state index in [1.54, 1.807) is 17.0 Å². The molecular weight excluding hydrogens is 402 g/mol. The van der Waals surface area contributed by atoms with Crippen LogP contribution in [-0.2, 0) is 15.2 Å². The zero-order valence-corrected chi connectivity index (χ0v) is 19.5. The lowest BCUT2D eigenvalue weighted by Gasteiger charge is -2.51. The van der Waals surface area contributed by atoms with Crippen molar-refractivity contribution in [3.8, 4) is 0 Å². The highest BCUT2D eigenvalue weighted by molar-refractivity contribution is 6.30. The van der Waals surface area contributed by atoms with Crippen molar-refractivity contribution < 1.29 is 14.7 Å². The summed E-state index contributed by atoms with van der Waals surface area (Å²) in [5.74, 6) is -0.499. The fourth-order valence-corrected chi connectivity index (χ4v) is 4.31. The topological polar surface area (TPSA) is 95.7 Å². The van der Waals surface area contributed by atoms with Gasteiger partial charge in [0.2, 0.25) is 11.8 Å². The summed E-state index contributed by atoms with van der Waals surface area (Å²) in [6.45, 7) is 10.5. The molecule has 3 atom stereocenters. The number of rotatable bonds is 7. The molecule has 4 N–H and O–H groups in total. The quantitative estimate of drug-likeness (QED) is 0.610. The first-order valence-corrected chi connectivity index (χ1v) is 11.1. The summed E-state index contributed by atoms with van der Waals surface area (Å²) in [5, 5.41) is 15.0. The highest BCUT2D eigenvalue weighted by Gasteiger charge is 2.50. The summed E-state index contributed by atoms with van der Waals surface area (Å²) in [6.07, 6.45) is 1.79. The number of piperidine rings is 1. The van der Waals surface area contributed by atoms with Crippen LogP contribution < -0.4 is 11.1 Å². The highest BCUT2D eigenvalue weighted by atomic mass is 35.5. The first-order valence-electron chi connectivity index (χ1n) is 10.8. The summed E-state index contributed by atoms with van der Waals surface area (Å²) < 4.78 is 0. The molecule has 2 amide bonds. The molecule has 0 aliphatic carbocycles. The Morgan fingerprint density at radius 2 is 1.87 bits per heavy atom. The SMILES string of the molecule is CCC[C@@H](N)C(=O)N[C@@H](C(=O)N1CC[C@](O)(c2ccc(Cl)cc2)C(C)(C)C1)C(C)C. The van der Waals surface area contributed by atoms with Gasteiger partial charge in [0, 0.05) is 23.5 Å². The van der Waals surface area contributed by atoms with Crippen LogP contribution in [0, 0.1) is 11.3 Å². The molecule has 1 aromatic carbocycles. The number of nitrogens with two attached hydrogens (primary N) is 1. The molecule has 0 aromatic heterocycles. The van der Waals surface area contributed by atoms with E-state index >= 15 is 0 Å². The molecule has 7 heteroatoms. The average molecular weight is 438 g/mol. The second-order valence-corrected chi connectivity index (χ2v) is 9.82. The van der Waals surface area contributed by atoms with Crippen LogP contribution in [0.4, 0.5) is 0 Å². The second kappa shape index (κ2) is 9.67. The van der Waals surface area contributed by atoms with Gasteiger partial charge in [-0.05, 0) is 36.5 Å². The molecule has 1 heterocycles. The number of aliphatic hydroxyl groups is 1. The first kappa shape index (κ1) is 24.6. The van der Waals surface area contributed by atoms with Gasteiger partial charge >= 0.3 is 0 Å². The van der Waals surface area contributed by atoms with E-state index in [0.717, 1.165) is 12.0 Å². The Balaban J connectivity index is 2.17. The Hall–Kier alpha value is -1.63. The van der Waals surface area contributed by atoms with Crippen molar-refractivity contribution in [2.45, 2.75) is 71.6 Å². The van der Waals surface area contributed by atoms with Crippen molar-refractivity contribution >= 4 is 23.4 Å². The minimum absolute atomic E-state index is 0.0736.